The average molecular weight is 559 g/mol. The van der Waals surface area contributed by atoms with Gasteiger partial charge in [-0.2, -0.15) is 0 Å². The maximum atomic E-state index is 13.1. The van der Waals surface area contributed by atoms with Gasteiger partial charge in [0, 0.05) is 19.5 Å². The third-order valence-electron chi connectivity index (χ3n) is 6.78. The molecular weight excluding hydrogens is 529 g/mol. The van der Waals surface area contributed by atoms with Crippen LogP contribution in [0.5, 0.6) is 0 Å². The van der Waals surface area contributed by atoms with Crippen molar-refractivity contribution >= 4 is 39.8 Å². The molecule has 0 spiro atoms. The Labute approximate surface area is 208 Å². The van der Waals surface area contributed by atoms with Crippen LogP contribution in [0.25, 0.3) is 10.9 Å². The van der Waals surface area contributed by atoms with Crippen molar-refractivity contribution in [3.05, 3.63) is 76.3 Å². The molecule has 0 atom stereocenters. The number of amides is 1. The SMILES string of the molecule is Cc1ccc2c(=O)n(CC3(OI)CCN(C(=O)CC(C)(C)c4ccccc4)CC3)cnc2c1. The van der Waals surface area contributed by atoms with Gasteiger partial charge in [0.05, 0.1) is 23.8 Å². The highest BCUT2D eigenvalue weighted by molar-refractivity contribution is 14.1. The van der Waals surface area contributed by atoms with Crippen LogP contribution in [0.15, 0.2) is 59.7 Å². The zero-order chi connectivity index (χ0) is 23.6. The molecule has 0 saturated carbocycles. The monoisotopic (exact) mass is 559 g/mol. The van der Waals surface area contributed by atoms with Crippen molar-refractivity contribution in [2.75, 3.05) is 13.1 Å². The number of aromatic nitrogens is 2. The molecule has 1 aliphatic rings. The Balaban J connectivity index is 1.44. The number of carbonyl (C=O) groups excluding carboxylic acids is 1. The van der Waals surface area contributed by atoms with Gasteiger partial charge in [-0.25, -0.2) is 4.98 Å². The second kappa shape index (κ2) is 9.54. The molecule has 0 aliphatic carbocycles. The fourth-order valence-corrected chi connectivity index (χ4v) is 5.18. The van der Waals surface area contributed by atoms with Gasteiger partial charge in [-0.15, -0.1) is 0 Å². The van der Waals surface area contributed by atoms with E-state index in [4.69, 9.17) is 3.07 Å². The fourth-order valence-electron chi connectivity index (χ4n) is 4.60. The molecule has 3 aromatic rings. The molecule has 2 aromatic carbocycles. The van der Waals surface area contributed by atoms with E-state index in [0.717, 1.165) is 5.56 Å². The number of halogens is 1. The van der Waals surface area contributed by atoms with E-state index in [0.29, 0.717) is 49.8 Å². The molecule has 0 bridgehead atoms. The summed E-state index contributed by atoms with van der Waals surface area (Å²) in [5.41, 5.74) is 2.16. The molecule has 174 valence electrons. The number of hydrogen-bond acceptors (Lipinski definition) is 4. The minimum absolute atomic E-state index is 0.0593. The molecule has 1 saturated heterocycles. The van der Waals surface area contributed by atoms with Gasteiger partial charge in [0.15, 0.2) is 0 Å². The van der Waals surface area contributed by atoms with Crippen molar-refractivity contribution < 1.29 is 7.86 Å². The molecule has 1 fully saturated rings. The third kappa shape index (κ3) is 5.14. The Morgan fingerprint density at radius 1 is 1.15 bits per heavy atom. The number of fused-ring (bicyclic) bond motifs is 1. The van der Waals surface area contributed by atoms with Crippen LogP contribution in [-0.2, 0) is 19.8 Å². The molecule has 0 radical (unpaired) electrons. The standard InChI is InChI=1S/C26H30IN3O3/c1-19-9-10-21-22(15-19)28-18-30(24(21)32)17-26(33-27)11-13-29(14-12-26)23(31)16-25(2,3)20-7-5-4-6-8-20/h4-10,15,18H,11-14,16-17H2,1-3H3. The lowest BCUT2D eigenvalue weighted by Gasteiger charge is -2.41. The van der Waals surface area contributed by atoms with Gasteiger partial charge in [0.25, 0.3) is 5.56 Å². The zero-order valence-electron chi connectivity index (χ0n) is 19.4. The summed E-state index contributed by atoms with van der Waals surface area (Å²) in [7, 11) is 0. The third-order valence-corrected chi connectivity index (χ3v) is 7.71. The summed E-state index contributed by atoms with van der Waals surface area (Å²) in [6.45, 7) is 7.86. The zero-order valence-corrected chi connectivity index (χ0v) is 21.5. The van der Waals surface area contributed by atoms with E-state index in [2.05, 4.69) is 31.0 Å². The van der Waals surface area contributed by atoms with Gasteiger partial charge in [-0.1, -0.05) is 50.2 Å². The number of piperidine rings is 1. The lowest BCUT2D eigenvalue weighted by Crippen LogP contribution is -2.50. The Morgan fingerprint density at radius 3 is 2.52 bits per heavy atom. The lowest BCUT2D eigenvalue weighted by molar-refractivity contribution is -0.135. The van der Waals surface area contributed by atoms with Crippen molar-refractivity contribution in [3.63, 3.8) is 0 Å². The van der Waals surface area contributed by atoms with Crippen LogP contribution in [0.2, 0.25) is 0 Å². The summed E-state index contributed by atoms with van der Waals surface area (Å²) in [6.07, 6.45) is 3.42. The number of nitrogens with zero attached hydrogens (tertiary/aromatic N) is 3. The van der Waals surface area contributed by atoms with Crippen LogP contribution in [0.4, 0.5) is 0 Å². The minimum atomic E-state index is -0.504. The number of likely N-dealkylation sites (tertiary alicyclic amines) is 1. The highest BCUT2D eigenvalue weighted by Crippen LogP contribution is 2.33. The first-order valence-electron chi connectivity index (χ1n) is 11.3. The number of hydrogen-bond donors (Lipinski definition) is 0. The molecule has 1 amide bonds. The first-order valence-corrected chi connectivity index (χ1v) is 12.2. The minimum Gasteiger partial charge on any atom is -0.342 e. The molecule has 0 unspecified atom stereocenters. The van der Waals surface area contributed by atoms with E-state index in [1.807, 2.05) is 71.2 Å². The van der Waals surface area contributed by atoms with Crippen LogP contribution < -0.4 is 5.56 Å². The topological polar surface area (TPSA) is 64.4 Å². The van der Waals surface area contributed by atoms with Gasteiger partial charge >= 0.3 is 0 Å². The van der Waals surface area contributed by atoms with E-state index in [1.165, 1.54) is 5.56 Å². The Hall–Kier alpha value is -2.26. The molecule has 1 aromatic heterocycles. The number of rotatable bonds is 6. The predicted octanol–water partition coefficient (Wildman–Crippen LogP) is 4.80. The van der Waals surface area contributed by atoms with Gasteiger partial charge in [-0.3, -0.25) is 14.2 Å². The normalized spacial score (nSPS) is 16.2. The Morgan fingerprint density at radius 2 is 1.85 bits per heavy atom. The number of benzene rings is 2. The Kier molecular flexibility index (Phi) is 6.91. The smallest absolute Gasteiger partial charge is 0.261 e. The summed E-state index contributed by atoms with van der Waals surface area (Å²) >= 11 is 1.94. The number of carbonyl (C=O) groups is 1. The molecule has 1 aliphatic heterocycles. The van der Waals surface area contributed by atoms with Crippen molar-refractivity contribution in [3.8, 4) is 0 Å². The lowest BCUT2D eigenvalue weighted by atomic mass is 9.81. The molecule has 6 nitrogen and oxygen atoms in total. The summed E-state index contributed by atoms with van der Waals surface area (Å²) in [4.78, 5) is 32.5. The average Bonchev–Trinajstić information content (AvgIpc) is 2.81. The second-order valence-electron chi connectivity index (χ2n) is 9.77. The van der Waals surface area contributed by atoms with Crippen molar-refractivity contribution in [1.29, 1.82) is 0 Å². The first kappa shape index (κ1) is 23.9. The van der Waals surface area contributed by atoms with Crippen LogP contribution in [0.3, 0.4) is 0 Å². The largest absolute Gasteiger partial charge is 0.342 e. The van der Waals surface area contributed by atoms with Crippen LogP contribution in [-0.4, -0.2) is 39.0 Å². The molecule has 33 heavy (non-hydrogen) atoms. The van der Waals surface area contributed by atoms with Crippen molar-refractivity contribution in [2.45, 2.75) is 57.6 Å². The van der Waals surface area contributed by atoms with Gasteiger partial charge < -0.3 is 7.97 Å². The van der Waals surface area contributed by atoms with E-state index < -0.39 is 5.60 Å². The molecule has 2 heterocycles. The van der Waals surface area contributed by atoms with E-state index in [9.17, 15) is 9.59 Å². The van der Waals surface area contributed by atoms with Crippen LogP contribution >= 0.6 is 23.0 Å². The highest BCUT2D eigenvalue weighted by atomic mass is 127. The molecular formula is C26H30IN3O3. The van der Waals surface area contributed by atoms with Crippen molar-refractivity contribution in [1.82, 2.24) is 14.5 Å². The van der Waals surface area contributed by atoms with E-state index in [-0.39, 0.29) is 16.9 Å². The van der Waals surface area contributed by atoms with Gasteiger partial charge in [-0.05, 0) is 48.4 Å². The number of aryl methyl sites for hydroxylation is 1. The highest BCUT2D eigenvalue weighted by Gasteiger charge is 2.38. The van der Waals surface area contributed by atoms with Gasteiger partial charge in [0.2, 0.25) is 5.91 Å². The summed E-state index contributed by atoms with van der Waals surface area (Å²) in [6, 6.07) is 15.9. The summed E-state index contributed by atoms with van der Waals surface area (Å²) < 4.78 is 7.56. The summed E-state index contributed by atoms with van der Waals surface area (Å²) in [5.74, 6) is 0.158. The van der Waals surface area contributed by atoms with E-state index >= 15 is 0 Å². The predicted molar refractivity (Wildman–Crippen MR) is 138 cm³/mol. The van der Waals surface area contributed by atoms with Gasteiger partial charge in [0.1, 0.15) is 28.6 Å². The molecule has 7 heteroatoms. The summed E-state index contributed by atoms with van der Waals surface area (Å²) in [5, 5.41) is 0.613. The second-order valence-corrected chi connectivity index (χ2v) is 10.2. The molecule has 4 rings (SSSR count). The first-order chi connectivity index (χ1) is 15.7. The van der Waals surface area contributed by atoms with Crippen molar-refractivity contribution in [2.24, 2.45) is 0 Å². The maximum Gasteiger partial charge on any atom is 0.261 e. The molecule has 0 N–H and O–H groups in total. The fraction of sp³-hybridized carbons (Fsp3) is 0.423. The maximum absolute atomic E-state index is 13.1. The van der Waals surface area contributed by atoms with Crippen LogP contribution in [0, 0.1) is 6.92 Å². The quantitative estimate of drug-likeness (QED) is 0.407. The van der Waals surface area contributed by atoms with E-state index in [1.54, 1.807) is 10.9 Å². The van der Waals surface area contributed by atoms with Crippen LogP contribution in [0.1, 0.15) is 44.2 Å². The Bertz CT molecular complexity index is 1200.